The summed E-state index contributed by atoms with van der Waals surface area (Å²) in [5, 5.41) is 3.11. The highest BCUT2D eigenvalue weighted by Crippen LogP contribution is 2.31. The van der Waals surface area contributed by atoms with Crippen LogP contribution in [0, 0.1) is 12.8 Å². The Labute approximate surface area is 163 Å². The standard InChI is InChI=1S/C22H33N3O2/c1-3-12-23-21(26)20(18-6-4-5-7-18)24-13-15-25(16-14-24)22(27)19-10-8-17(2)9-11-19/h8-11,18,20H,3-7,12-16H2,1-2H3,(H,23,26). The lowest BCUT2D eigenvalue weighted by atomic mass is 9.95. The maximum absolute atomic E-state index is 12.8. The molecule has 2 fully saturated rings. The first-order valence-electron chi connectivity index (χ1n) is 10.5. The Bertz CT molecular complexity index is 629. The van der Waals surface area contributed by atoms with Crippen LogP contribution >= 0.6 is 0 Å². The highest BCUT2D eigenvalue weighted by Gasteiger charge is 2.37. The first-order valence-corrected chi connectivity index (χ1v) is 10.5. The molecule has 2 amide bonds. The van der Waals surface area contributed by atoms with Gasteiger partial charge < -0.3 is 10.2 Å². The van der Waals surface area contributed by atoms with Gasteiger partial charge in [0, 0.05) is 38.3 Å². The van der Waals surface area contributed by atoms with Crippen molar-refractivity contribution in [1.29, 1.82) is 0 Å². The second-order valence-corrected chi connectivity index (χ2v) is 7.97. The van der Waals surface area contributed by atoms with Gasteiger partial charge >= 0.3 is 0 Å². The molecular formula is C22H33N3O2. The van der Waals surface area contributed by atoms with Crippen LogP contribution in [0.5, 0.6) is 0 Å². The van der Waals surface area contributed by atoms with Crippen molar-refractivity contribution in [3.63, 3.8) is 0 Å². The van der Waals surface area contributed by atoms with Crippen LogP contribution in [0.15, 0.2) is 24.3 Å². The summed E-state index contributed by atoms with van der Waals surface area (Å²) in [6.45, 7) is 7.79. The molecule has 1 atom stereocenters. The molecule has 1 N–H and O–H groups in total. The van der Waals surface area contributed by atoms with Gasteiger partial charge in [-0.3, -0.25) is 14.5 Å². The van der Waals surface area contributed by atoms with Crippen LogP contribution in [0.25, 0.3) is 0 Å². The summed E-state index contributed by atoms with van der Waals surface area (Å²) >= 11 is 0. The zero-order valence-corrected chi connectivity index (χ0v) is 16.7. The summed E-state index contributed by atoms with van der Waals surface area (Å²) < 4.78 is 0. The van der Waals surface area contributed by atoms with E-state index in [0.717, 1.165) is 50.0 Å². The summed E-state index contributed by atoms with van der Waals surface area (Å²) in [5.74, 6) is 0.741. The van der Waals surface area contributed by atoms with E-state index in [-0.39, 0.29) is 17.9 Å². The Morgan fingerprint density at radius 2 is 1.70 bits per heavy atom. The third-order valence-corrected chi connectivity index (χ3v) is 5.96. The van der Waals surface area contributed by atoms with E-state index in [2.05, 4.69) is 17.1 Å². The van der Waals surface area contributed by atoms with E-state index in [1.165, 1.54) is 12.8 Å². The van der Waals surface area contributed by atoms with Gasteiger partial charge in [0.05, 0.1) is 6.04 Å². The molecule has 1 aromatic rings. The van der Waals surface area contributed by atoms with Gasteiger partial charge in [-0.05, 0) is 44.2 Å². The number of rotatable bonds is 6. The quantitative estimate of drug-likeness (QED) is 0.837. The summed E-state index contributed by atoms with van der Waals surface area (Å²) in [4.78, 5) is 29.8. The molecule has 3 rings (SSSR count). The molecule has 1 unspecified atom stereocenters. The number of carbonyl (C=O) groups excluding carboxylic acids is 2. The summed E-state index contributed by atoms with van der Waals surface area (Å²) in [6, 6.07) is 7.75. The predicted octanol–water partition coefficient (Wildman–Crippen LogP) is 2.84. The largest absolute Gasteiger partial charge is 0.355 e. The van der Waals surface area contributed by atoms with E-state index < -0.39 is 0 Å². The average molecular weight is 372 g/mol. The van der Waals surface area contributed by atoms with Crippen molar-refractivity contribution in [2.75, 3.05) is 32.7 Å². The fourth-order valence-corrected chi connectivity index (χ4v) is 4.39. The van der Waals surface area contributed by atoms with Crippen LogP contribution in [-0.4, -0.2) is 60.4 Å². The minimum absolute atomic E-state index is 0.0318. The van der Waals surface area contributed by atoms with Crippen LogP contribution in [0.2, 0.25) is 0 Å². The zero-order chi connectivity index (χ0) is 19.2. The molecule has 1 saturated heterocycles. The minimum atomic E-state index is -0.0318. The van der Waals surface area contributed by atoms with Gasteiger partial charge in [-0.25, -0.2) is 0 Å². The molecule has 1 saturated carbocycles. The highest BCUT2D eigenvalue weighted by molar-refractivity contribution is 5.94. The van der Waals surface area contributed by atoms with Crippen molar-refractivity contribution in [2.45, 2.75) is 52.0 Å². The minimum Gasteiger partial charge on any atom is -0.355 e. The molecule has 5 heteroatoms. The van der Waals surface area contributed by atoms with Crippen molar-refractivity contribution < 1.29 is 9.59 Å². The molecular weight excluding hydrogens is 338 g/mol. The van der Waals surface area contributed by atoms with Crippen molar-refractivity contribution in [3.05, 3.63) is 35.4 Å². The van der Waals surface area contributed by atoms with Gasteiger partial charge in [0.25, 0.3) is 5.91 Å². The Morgan fingerprint density at radius 1 is 1.07 bits per heavy atom. The summed E-state index contributed by atoms with van der Waals surface area (Å²) in [7, 11) is 0. The topological polar surface area (TPSA) is 52.7 Å². The number of nitrogens with one attached hydrogen (secondary N) is 1. The molecule has 5 nitrogen and oxygen atoms in total. The number of hydrogen-bond donors (Lipinski definition) is 1. The molecule has 0 bridgehead atoms. The zero-order valence-electron chi connectivity index (χ0n) is 16.7. The third kappa shape index (κ3) is 4.89. The van der Waals surface area contributed by atoms with E-state index in [9.17, 15) is 9.59 Å². The molecule has 0 aromatic heterocycles. The Kier molecular flexibility index (Phi) is 6.89. The number of piperazine rings is 1. The van der Waals surface area contributed by atoms with Gasteiger partial charge in [-0.2, -0.15) is 0 Å². The van der Waals surface area contributed by atoms with E-state index in [4.69, 9.17) is 0 Å². The fraction of sp³-hybridized carbons (Fsp3) is 0.636. The van der Waals surface area contributed by atoms with Crippen molar-refractivity contribution in [2.24, 2.45) is 5.92 Å². The van der Waals surface area contributed by atoms with Crippen LogP contribution in [0.4, 0.5) is 0 Å². The molecule has 1 heterocycles. The fourth-order valence-electron chi connectivity index (χ4n) is 4.39. The number of amides is 2. The van der Waals surface area contributed by atoms with Crippen LogP contribution in [0.1, 0.15) is 54.9 Å². The van der Waals surface area contributed by atoms with E-state index in [0.29, 0.717) is 19.0 Å². The molecule has 1 aliphatic carbocycles. The Hall–Kier alpha value is -1.88. The Morgan fingerprint density at radius 3 is 2.30 bits per heavy atom. The molecule has 1 aromatic carbocycles. The molecule has 0 radical (unpaired) electrons. The average Bonchev–Trinajstić information content (AvgIpc) is 3.21. The predicted molar refractivity (Wildman–Crippen MR) is 108 cm³/mol. The maximum Gasteiger partial charge on any atom is 0.253 e. The van der Waals surface area contributed by atoms with Gasteiger partial charge in [0.2, 0.25) is 5.91 Å². The molecule has 148 valence electrons. The van der Waals surface area contributed by atoms with Crippen molar-refractivity contribution in [1.82, 2.24) is 15.1 Å². The lowest BCUT2D eigenvalue weighted by Crippen LogP contribution is -2.58. The van der Waals surface area contributed by atoms with Gasteiger partial charge in [-0.15, -0.1) is 0 Å². The third-order valence-electron chi connectivity index (χ3n) is 5.96. The van der Waals surface area contributed by atoms with E-state index >= 15 is 0 Å². The van der Waals surface area contributed by atoms with Gasteiger partial charge in [-0.1, -0.05) is 37.5 Å². The van der Waals surface area contributed by atoms with Crippen LogP contribution in [-0.2, 0) is 4.79 Å². The Balaban J connectivity index is 1.61. The number of nitrogens with zero attached hydrogens (tertiary/aromatic N) is 2. The van der Waals surface area contributed by atoms with Gasteiger partial charge in [0.1, 0.15) is 0 Å². The number of carbonyl (C=O) groups is 2. The summed E-state index contributed by atoms with van der Waals surface area (Å²) in [6.07, 6.45) is 5.71. The SMILES string of the molecule is CCCNC(=O)C(C1CCCC1)N1CCN(C(=O)c2ccc(C)cc2)CC1. The normalized spacial score (nSPS) is 19.9. The number of benzene rings is 1. The number of hydrogen-bond acceptors (Lipinski definition) is 3. The summed E-state index contributed by atoms with van der Waals surface area (Å²) in [5.41, 5.74) is 1.91. The molecule has 1 aliphatic heterocycles. The monoisotopic (exact) mass is 371 g/mol. The lowest BCUT2D eigenvalue weighted by molar-refractivity contribution is -0.129. The lowest BCUT2D eigenvalue weighted by Gasteiger charge is -2.40. The first kappa shape index (κ1) is 19.9. The van der Waals surface area contributed by atoms with Crippen LogP contribution < -0.4 is 5.32 Å². The molecule has 0 spiro atoms. The van der Waals surface area contributed by atoms with Gasteiger partial charge in [0.15, 0.2) is 0 Å². The van der Waals surface area contributed by atoms with Crippen molar-refractivity contribution in [3.8, 4) is 0 Å². The second-order valence-electron chi connectivity index (χ2n) is 7.97. The number of aryl methyl sites for hydroxylation is 1. The maximum atomic E-state index is 12.8. The second kappa shape index (κ2) is 9.36. The van der Waals surface area contributed by atoms with Crippen LogP contribution in [0.3, 0.4) is 0 Å². The van der Waals surface area contributed by atoms with E-state index in [1.54, 1.807) is 0 Å². The smallest absolute Gasteiger partial charge is 0.253 e. The van der Waals surface area contributed by atoms with E-state index in [1.807, 2.05) is 36.1 Å². The highest BCUT2D eigenvalue weighted by atomic mass is 16.2. The first-order chi connectivity index (χ1) is 13.1. The molecule has 2 aliphatic rings. The molecule has 27 heavy (non-hydrogen) atoms. The van der Waals surface area contributed by atoms with Crippen molar-refractivity contribution >= 4 is 11.8 Å².